The Labute approximate surface area is 160 Å². The Morgan fingerprint density at radius 2 is 1.74 bits per heavy atom. The van der Waals surface area contributed by atoms with Crippen LogP contribution in [0.1, 0.15) is 30.9 Å². The van der Waals surface area contributed by atoms with Gasteiger partial charge in [0.15, 0.2) is 5.60 Å². The number of guanidine groups is 1. The van der Waals surface area contributed by atoms with Crippen LogP contribution in [0.25, 0.3) is 0 Å². The molecule has 0 bridgehead atoms. The Balaban J connectivity index is 1.64. The van der Waals surface area contributed by atoms with Crippen molar-refractivity contribution in [2.45, 2.75) is 38.9 Å². The molecular weight excluding hydrogens is 342 g/mol. The molecule has 0 spiro atoms. The highest BCUT2D eigenvalue weighted by Crippen LogP contribution is 2.42. The summed E-state index contributed by atoms with van der Waals surface area (Å²) in [5, 5.41) is 3.74. The fourth-order valence-electron chi connectivity index (χ4n) is 2.92. The van der Waals surface area contributed by atoms with Crippen molar-refractivity contribution in [1.82, 2.24) is 0 Å². The highest BCUT2D eigenvalue weighted by atomic mass is 16.7. The maximum absolute atomic E-state index is 6.02. The van der Waals surface area contributed by atoms with Crippen LogP contribution in [0.2, 0.25) is 0 Å². The molecule has 1 aliphatic rings. The summed E-state index contributed by atoms with van der Waals surface area (Å²) in [5.74, 6) is 1.80. The molecule has 6 heteroatoms. The molecule has 1 atom stereocenters. The summed E-state index contributed by atoms with van der Waals surface area (Å²) in [4.78, 5) is 5.58. The molecule has 0 aromatic heterocycles. The van der Waals surface area contributed by atoms with Crippen molar-refractivity contribution in [3.05, 3.63) is 59.7 Å². The predicted molar refractivity (Wildman–Crippen MR) is 105 cm³/mol. The largest absolute Gasteiger partial charge is 0.489 e. The molecule has 0 saturated heterocycles. The average Bonchev–Trinajstić information content (AvgIpc) is 3.49. The van der Waals surface area contributed by atoms with Gasteiger partial charge in [0.2, 0.25) is 5.96 Å². The van der Waals surface area contributed by atoms with Crippen molar-refractivity contribution in [2.24, 2.45) is 22.5 Å². The molecule has 0 amide bonds. The smallest absolute Gasteiger partial charge is 0.228 e. The van der Waals surface area contributed by atoms with E-state index in [0.29, 0.717) is 19.1 Å². The van der Waals surface area contributed by atoms with Gasteiger partial charge in [-0.2, -0.15) is 0 Å². The zero-order chi connectivity index (χ0) is 19.3. The third-order valence-electron chi connectivity index (χ3n) is 4.60. The fourth-order valence-corrected chi connectivity index (χ4v) is 2.92. The van der Waals surface area contributed by atoms with Crippen LogP contribution in [0.15, 0.2) is 53.7 Å². The normalized spacial score (nSPS) is 15.5. The van der Waals surface area contributed by atoms with Gasteiger partial charge in [-0.3, -0.25) is 0 Å². The molecule has 0 aliphatic heterocycles. The molecule has 4 N–H and O–H groups in total. The van der Waals surface area contributed by atoms with Gasteiger partial charge in [-0.15, -0.1) is 0 Å². The van der Waals surface area contributed by atoms with Gasteiger partial charge in [-0.25, -0.2) is 0 Å². The Kier molecular flexibility index (Phi) is 5.74. The van der Waals surface area contributed by atoms with Crippen molar-refractivity contribution in [2.75, 3.05) is 6.61 Å². The zero-order valence-electron chi connectivity index (χ0n) is 15.9. The first kappa shape index (κ1) is 18.9. The number of nitrogens with two attached hydrogens (primary N) is 2. The predicted octanol–water partition coefficient (Wildman–Crippen LogP) is 3.33. The minimum absolute atomic E-state index is 0.0889. The highest BCUT2D eigenvalue weighted by Gasteiger charge is 2.45. The number of ether oxygens (including phenoxy) is 2. The van der Waals surface area contributed by atoms with Gasteiger partial charge in [0.1, 0.15) is 24.7 Å². The monoisotopic (exact) mass is 369 g/mol. The number of rotatable bonds is 9. The van der Waals surface area contributed by atoms with Crippen molar-refractivity contribution < 1.29 is 14.3 Å². The fraction of sp³-hybridized carbons (Fsp3) is 0.381. The number of oxime groups is 1. The summed E-state index contributed by atoms with van der Waals surface area (Å²) >= 11 is 0. The van der Waals surface area contributed by atoms with Crippen molar-refractivity contribution >= 4 is 5.96 Å². The zero-order valence-corrected chi connectivity index (χ0v) is 15.9. The lowest BCUT2D eigenvalue weighted by atomic mass is 10.0. The van der Waals surface area contributed by atoms with Crippen LogP contribution in [0.5, 0.6) is 11.5 Å². The third-order valence-corrected chi connectivity index (χ3v) is 4.60. The minimum atomic E-state index is -0.557. The van der Waals surface area contributed by atoms with E-state index in [1.807, 2.05) is 62.4 Å². The van der Waals surface area contributed by atoms with E-state index in [2.05, 4.69) is 5.16 Å². The molecule has 1 saturated carbocycles. The van der Waals surface area contributed by atoms with Crippen molar-refractivity contribution in [1.29, 1.82) is 0 Å². The van der Waals surface area contributed by atoms with E-state index in [-0.39, 0.29) is 5.96 Å². The van der Waals surface area contributed by atoms with Gasteiger partial charge >= 0.3 is 0 Å². The number of aryl methyl sites for hydroxylation is 1. The second-order valence-electron chi connectivity index (χ2n) is 7.24. The molecule has 1 aliphatic carbocycles. The first-order chi connectivity index (χ1) is 12.9. The van der Waals surface area contributed by atoms with Gasteiger partial charge in [-0.05, 0) is 55.1 Å². The van der Waals surface area contributed by atoms with E-state index in [1.165, 1.54) is 0 Å². The average molecular weight is 369 g/mol. The van der Waals surface area contributed by atoms with E-state index < -0.39 is 5.60 Å². The van der Waals surface area contributed by atoms with Crippen molar-refractivity contribution in [3.63, 3.8) is 0 Å². The second-order valence-corrected chi connectivity index (χ2v) is 7.24. The van der Waals surface area contributed by atoms with E-state index >= 15 is 0 Å². The summed E-state index contributed by atoms with van der Waals surface area (Å²) in [6.45, 7) is 4.85. The molecule has 6 nitrogen and oxygen atoms in total. The number of hydrogen-bond acceptors (Lipinski definition) is 4. The van der Waals surface area contributed by atoms with Crippen LogP contribution >= 0.6 is 0 Å². The van der Waals surface area contributed by atoms with Crippen LogP contribution in [-0.4, -0.2) is 18.2 Å². The maximum Gasteiger partial charge on any atom is 0.228 e. The molecule has 27 heavy (non-hydrogen) atoms. The molecule has 0 radical (unpaired) electrons. The molecule has 1 unspecified atom stereocenters. The summed E-state index contributed by atoms with van der Waals surface area (Å²) in [7, 11) is 0. The number of benzene rings is 2. The van der Waals surface area contributed by atoms with E-state index in [9.17, 15) is 0 Å². The molecule has 2 aromatic rings. The Morgan fingerprint density at radius 3 is 2.37 bits per heavy atom. The topological polar surface area (TPSA) is 92.1 Å². The minimum Gasteiger partial charge on any atom is -0.489 e. The molecule has 3 rings (SSSR count). The van der Waals surface area contributed by atoms with Crippen LogP contribution < -0.4 is 20.9 Å². The van der Waals surface area contributed by atoms with Gasteiger partial charge in [-0.1, -0.05) is 30.3 Å². The molecule has 144 valence electrons. The number of hydrogen-bond donors (Lipinski definition) is 2. The maximum atomic E-state index is 6.02. The van der Waals surface area contributed by atoms with Gasteiger partial charge in [0, 0.05) is 12.0 Å². The summed E-state index contributed by atoms with van der Waals surface area (Å²) in [6.07, 6.45) is 2.16. The number of nitrogens with zero attached hydrogens (tertiary/aromatic N) is 1. The lowest BCUT2D eigenvalue weighted by Gasteiger charge is -2.27. The highest BCUT2D eigenvalue weighted by molar-refractivity contribution is 5.74. The van der Waals surface area contributed by atoms with Gasteiger partial charge in [0.25, 0.3) is 0 Å². The molecular formula is C21H27N3O3. The van der Waals surface area contributed by atoms with Crippen LogP contribution in [0.3, 0.4) is 0 Å². The van der Waals surface area contributed by atoms with E-state index in [4.69, 9.17) is 25.8 Å². The van der Waals surface area contributed by atoms with E-state index in [0.717, 1.165) is 35.5 Å². The van der Waals surface area contributed by atoms with Crippen LogP contribution in [-0.2, 0) is 11.4 Å². The van der Waals surface area contributed by atoms with Gasteiger partial charge < -0.3 is 25.8 Å². The molecule has 1 fully saturated rings. The first-order valence-electron chi connectivity index (χ1n) is 9.13. The SMILES string of the molecule is Cc1cc(OCc2ccccc2)cc(OCC(C)(ON=C(N)N)C2CC2)c1. The van der Waals surface area contributed by atoms with Crippen molar-refractivity contribution in [3.8, 4) is 11.5 Å². The summed E-state index contributed by atoms with van der Waals surface area (Å²) < 4.78 is 11.9. The van der Waals surface area contributed by atoms with Crippen LogP contribution in [0.4, 0.5) is 0 Å². The van der Waals surface area contributed by atoms with E-state index in [1.54, 1.807) is 0 Å². The Hall–Kier alpha value is -2.89. The second kappa shape index (κ2) is 8.20. The van der Waals surface area contributed by atoms with Gasteiger partial charge in [0.05, 0.1) is 0 Å². The molecule has 0 heterocycles. The molecule has 2 aromatic carbocycles. The van der Waals surface area contributed by atoms with Crippen LogP contribution in [0, 0.1) is 12.8 Å². The summed E-state index contributed by atoms with van der Waals surface area (Å²) in [5.41, 5.74) is 12.4. The lowest BCUT2D eigenvalue weighted by molar-refractivity contribution is -0.0742. The Morgan fingerprint density at radius 1 is 1.07 bits per heavy atom. The standard InChI is InChI=1S/C21H27N3O3/c1-15-10-18(25-13-16-6-4-3-5-7-16)12-19(11-15)26-14-21(2,17-8-9-17)27-24-20(22)23/h3-7,10-12,17H,8-9,13-14H2,1-2H3,(H4,22,23,24). The Bertz CT molecular complexity index is 787. The quantitative estimate of drug-likeness (QED) is 0.402. The lowest BCUT2D eigenvalue weighted by Crippen LogP contribution is -2.38. The third kappa shape index (κ3) is 5.54. The first-order valence-corrected chi connectivity index (χ1v) is 9.13. The summed E-state index contributed by atoms with van der Waals surface area (Å²) in [6, 6.07) is 15.9.